The van der Waals surface area contributed by atoms with Gasteiger partial charge in [0.1, 0.15) is 12.6 Å². The van der Waals surface area contributed by atoms with Crippen molar-refractivity contribution in [2.75, 3.05) is 6.61 Å². The van der Waals surface area contributed by atoms with Crippen LogP contribution in [0.25, 0.3) is 11.1 Å². The van der Waals surface area contributed by atoms with Crippen molar-refractivity contribution in [3.05, 3.63) is 59.7 Å². The molecule has 2 aromatic rings. The smallest absolute Gasteiger partial charge is 0.407 e. The molecular weight excluding hydrogens is 448 g/mol. The predicted molar refractivity (Wildman–Crippen MR) is 132 cm³/mol. The molecule has 0 aliphatic heterocycles. The van der Waals surface area contributed by atoms with Crippen LogP contribution in [0.15, 0.2) is 48.5 Å². The molecule has 0 spiro atoms. The number of nitrogens with one attached hydrogen (secondary N) is 2. The molecule has 8 heteroatoms. The largest absolute Gasteiger partial charge is 0.480 e. The zero-order valence-electron chi connectivity index (χ0n) is 20.6. The van der Waals surface area contributed by atoms with Gasteiger partial charge in [-0.15, -0.1) is 0 Å². The summed E-state index contributed by atoms with van der Waals surface area (Å²) in [6.45, 7) is 7.39. The lowest BCUT2D eigenvalue weighted by atomic mass is 9.88. The molecule has 1 unspecified atom stereocenters. The number of amides is 2. The first-order valence-electron chi connectivity index (χ1n) is 11.8. The van der Waals surface area contributed by atoms with Crippen LogP contribution in [0.1, 0.15) is 57.6 Å². The van der Waals surface area contributed by atoms with Gasteiger partial charge >= 0.3 is 12.1 Å². The number of carbonyl (C=O) groups is 3. The highest BCUT2D eigenvalue weighted by Crippen LogP contribution is 2.44. The van der Waals surface area contributed by atoms with Gasteiger partial charge in [0.25, 0.3) is 0 Å². The third-order valence-electron chi connectivity index (χ3n) is 6.18. The van der Waals surface area contributed by atoms with Crippen LogP contribution in [-0.2, 0) is 14.3 Å². The van der Waals surface area contributed by atoms with Crippen LogP contribution in [0.3, 0.4) is 0 Å². The number of carboxylic acids is 1. The molecule has 4 N–H and O–H groups in total. The highest BCUT2D eigenvalue weighted by atomic mass is 16.5. The second kappa shape index (κ2) is 10.9. The molecule has 35 heavy (non-hydrogen) atoms. The van der Waals surface area contributed by atoms with Gasteiger partial charge in [0, 0.05) is 5.92 Å². The van der Waals surface area contributed by atoms with E-state index in [1.807, 2.05) is 69.3 Å². The van der Waals surface area contributed by atoms with E-state index in [1.165, 1.54) is 6.92 Å². The average Bonchev–Trinajstić information content (AvgIpc) is 3.11. The first kappa shape index (κ1) is 26.2. The highest BCUT2D eigenvalue weighted by molar-refractivity contribution is 5.89. The molecule has 0 aromatic heterocycles. The van der Waals surface area contributed by atoms with E-state index in [0.29, 0.717) is 6.42 Å². The SMILES string of the molecule is C[C@@H](O)[C@H](NC(=O)C(CCC(C)(C)C)NC(=O)OCC1c2ccccc2-c2ccccc21)C(=O)O. The van der Waals surface area contributed by atoms with Gasteiger partial charge in [0.2, 0.25) is 5.91 Å². The fourth-order valence-electron chi connectivity index (χ4n) is 4.27. The summed E-state index contributed by atoms with van der Waals surface area (Å²) in [6.07, 6.45) is -1.17. The Labute approximate surface area is 205 Å². The van der Waals surface area contributed by atoms with Crippen molar-refractivity contribution in [1.29, 1.82) is 0 Å². The normalized spacial score (nSPS) is 15.3. The molecule has 2 aromatic carbocycles. The van der Waals surface area contributed by atoms with Crippen LogP contribution in [0.2, 0.25) is 0 Å². The Balaban J connectivity index is 1.69. The minimum Gasteiger partial charge on any atom is -0.480 e. The molecule has 0 saturated heterocycles. The van der Waals surface area contributed by atoms with E-state index in [9.17, 15) is 24.6 Å². The molecule has 8 nitrogen and oxygen atoms in total. The molecular formula is C27H34N2O6. The molecule has 188 valence electrons. The Bertz CT molecular complexity index is 1030. The van der Waals surface area contributed by atoms with Gasteiger partial charge in [0.05, 0.1) is 6.10 Å². The molecule has 0 saturated carbocycles. The summed E-state index contributed by atoms with van der Waals surface area (Å²) in [6, 6.07) is 13.5. The second-order valence-electron chi connectivity index (χ2n) is 10.2. The van der Waals surface area contributed by atoms with Crippen LogP contribution in [0.4, 0.5) is 4.79 Å². The number of benzene rings is 2. The number of fused-ring (bicyclic) bond motifs is 3. The first-order chi connectivity index (χ1) is 16.5. The summed E-state index contributed by atoms with van der Waals surface area (Å²) in [7, 11) is 0. The van der Waals surface area contributed by atoms with Gasteiger partial charge in [-0.1, -0.05) is 69.3 Å². The molecule has 1 aliphatic rings. The monoisotopic (exact) mass is 482 g/mol. The fraction of sp³-hybridized carbons (Fsp3) is 0.444. The van der Waals surface area contributed by atoms with Crippen molar-refractivity contribution in [3.8, 4) is 11.1 Å². The van der Waals surface area contributed by atoms with E-state index in [-0.39, 0.29) is 24.4 Å². The quantitative estimate of drug-likeness (QED) is 0.432. The predicted octanol–water partition coefficient (Wildman–Crippen LogP) is 3.67. The molecule has 3 atom stereocenters. The number of carboxylic acid groups (broad SMARTS) is 1. The molecule has 3 rings (SSSR count). The summed E-state index contributed by atoms with van der Waals surface area (Å²) in [5, 5.41) is 23.9. The summed E-state index contributed by atoms with van der Waals surface area (Å²) >= 11 is 0. The number of aliphatic carboxylic acids is 1. The Morgan fingerprint density at radius 1 is 0.971 bits per heavy atom. The maximum absolute atomic E-state index is 12.8. The van der Waals surface area contributed by atoms with E-state index in [1.54, 1.807) is 0 Å². The number of hydrogen-bond acceptors (Lipinski definition) is 5. The number of aliphatic hydroxyl groups is 1. The van der Waals surface area contributed by atoms with E-state index < -0.39 is 36.2 Å². The van der Waals surface area contributed by atoms with Crippen molar-refractivity contribution in [1.82, 2.24) is 10.6 Å². The topological polar surface area (TPSA) is 125 Å². The molecule has 0 radical (unpaired) electrons. The van der Waals surface area contributed by atoms with E-state index in [0.717, 1.165) is 22.3 Å². The maximum Gasteiger partial charge on any atom is 0.407 e. The Morgan fingerprint density at radius 2 is 1.51 bits per heavy atom. The fourth-order valence-corrected chi connectivity index (χ4v) is 4.27. The van der Waals surface area contributed by atoms with E-state index in [2.05, 4.69) is 10.6 Å². The highest BCUT2D eigenvalue weighted by Gasteiger charge is 2.32. The van der Waals surface area contributed by atoms with Crippen molar-refractivity contribution < 1.29 is 29.3 Å². The standard InChI is InChI=1S/C27H34N2O6/c1-16(30)23(25(32)33)29-24(31)22(13-14-27(2,3)4)28-26(34)35-15-21-19-11-7-5-9-17(19)18-10-6-8-12-20(18)21/h5-12,16,21-23,30H,13-15H2,1-4H3,(H,28,34)(H,29,31)(H,32,33)/t16-,22?,23+/m1/s1. The molecule has 0 fully saturated rings. The van der Waals surface area contributed by atoms with Gasteiger partial charge < -0.3 is 25.6 Å². The summed E-state index contributed by atoms with van der Waals surface area (Å²) < 4.78 is 5.56. The summed E-state index contributed by atoms with van der Waals surface area (Å²) in [5.41, 5.74) is 4.25. The van der Waals surface area contributed by atoms with Crippen LogP contribution in [0, 0.1) is 5.41 Å². The lowest BCUT2D eigenvalue weighted by Gasteiger charge is -2.25. The van der Waals surface area contributed by atoms with Gasteiger partial charge in [0.15, 0.2) is 6.04 Å². The first-order valence-corrected chi connectivity index (χ1v) is 11.8. The number of alkyl carbamates (subject to hydrolysis) is 1. The minimum atomic E-state index is -1.48. The number of aliphatic hydroxyl groups excluding tert-OH is 1. The van der Waals surface area contributed by atoms with Gasteiger partial charge in [-0.05, 0) is 47.4 Å². The molecule has 0 bridgehead atoms. The maximum atomic E-state index is 12.8. The number of rotatable bonds is 9. The minimum absolute atomic E-state index is 0.0961. The van der Waals surface area contributed by atoms with Crippen molar-refractivity contribution in [2.45, 2.75) is 64.6 Å². The van der Waals surface area contributed by atoms with Crippen LogP contribution in [-0.4, -0.2) is 53.0 Å². The second-order valence-corrected chi connectivity index (χ2v) is 10.2. The van der Waals surface area contributed by atoms with Crippen LogP contribution in [0.5, 0.6) is 0 Å². The number of carbonyl (C=O) groups excluding carboxylic acids is 2. The number of ether oxygens (including phenoxy) is 1. The molecule has 0 heterocycles. The Kier molecular flexibility index (Phi) is 8.17. The molecule has 2 amide bonds. The van der Waals surface area contributed by atoms with Gasteiger partial charge in [-0.2, -0.15) is 0 Å². The van der Waals surface area contributed by atoms with Crippen molar-refractivity contribution in [3.63, 3.8) is 0 Å². The van der Waals surface area contributed by atoms with Crippen LogP contribution < -0.4 is 10.6 Å². The van der Waals surface area contributed by atoms with E-state index >= 15 is 0 Å². The van der Waals surface area contributed by atoms with E-state index in [4.69, 9.17) is 4.74 Å². The van der Waals surface area contributed by atoms with Crippen molar-refractivity contribution in [2.24, 2.45) is 5.41 Å². The third kappa shape index (κ3) is 6.60. The van der Waals surface area contributed by atoms with Gasteiger partial charge in [-0.25, -0.2) is 9.59 Å². The average molecular weight is 483 g/mol. The zero-order valence-corrected chi connectivity index (χ0v) is 20.6. The lowest BCUT2D eigenvalue weighted by molar-refractivity contribution is -0.145. The third-order valence-corrected chi connectivity index (χ3v) is 6.18. The zero-order chi connectivity index (χ0) is 25.8. The number of hydrogen-bond donors (Lipinski definition) is 4. The summed E-state index contributed by atoms with van der Waals surface area (Å²) in [4.78, 5) is 37.0. The summed E-state index contributed by atoms with van der Waals surface area (Å²) in [5.74, 6) is -2.17. The Morgan fingerprint density at radius 3 is 2.00 bits per heavy atom. The Hall–Kier alpha value is -3.39. The lowest BCUT2D eigenvalue weighted by Crippen LogP contribution is -2.55. The van der Waals surface area contributed by atoms with Crippen LogP contribution >= 0.6 is 0 Å². The van der Waals surface area contributed by atoms with Crippen molar-refractivity contribution >= 4 is 18.0 Å². The molecule has 1 aliphatic carbocycles. The van der Waals surface area contributed by atoms with Gasteiger partial charge in [-0.3, -0.25) is 4.79 Å².